The smallest absolute Gasteiger partial charge is 0.317 e. The SMILES string of the molecule is FC(F)(F)c1ccc2c(C3CCNCC3)cccc2c1. The van der Waals surface area contributed by atoms with E-state index >= 15 is 0 Å². The van der Waals surface area contributed by atoms with Crippen molar-refractivity contribution in [3.63, 3.8) is 0 Å². The molecule has 0 radical (unpaired) electrons. The monoisotopic (exact) mass is 279 g/mol. The standard InChI is InChI=1S/C16H16F3N/c17-16(18,19)13-4-5-15-12(10-13)2-1-3-14(15)11-6-8-20-9-7-11/h1-5,10-11,20H,6-9H2. The number of alkyl halides is 3. The van der Waals surface area contributed by atoms with E-state index in [4.69, 9.17) is 0 Å². The van der Waals surface area contributed by atoms with Crippen molar-refractivity contribution in [1.29, 1.82) is 0 Å². The average Bonchev–Trinajstić information content (AvgIpc) is 2.46. The van der Waals surface area contributed by atoms with E-state index in [0.717, 1.165) is 31.3 Å². The van der Waals surface area contributed by atoms with Gasteiger partial charge in [0, 0.05) is 0 Å². The fourth-order valence-electron chi connectivity index (χ4n) is 2.97. The van der Waals surface area contributed by atoms with Crippen molar-refractivity contribution >= 4 is 10.8 Å². The van der Waals surface area contributed by atoms with Crippen molar-refractivity contribution in [3.05, 3.63) is 47.5 Å². The summed E-state index contributed by atoms with van der Waals surface area (Å²) in [6.45, 7) is 1.95. The zero-order valence-electron chi connectivity index (χ0n) is 11.0. The number of nitrogens with one attached hydrogen (secondary N) is 1. The van der Waals surface area contributed by atoms with Gasteiger partial charge in [-0.2, -0.15) is 13.2 Å². The number of halogens is 3. The summed E-state index contributed by atoms with van der Waals surface area (Å²) in [5.74, 6) is 0.441. The van der Waals surface area contributed by atoms with Gasteiger partial charge in [-0.05, 0) is 60.3 Å². The number of benzene rings is 2. The normalized spacial score (nSPS) is 17.6. The Hall–Kier alpha value is -1.55. The summed E-state index contributed by atoms with van der Waals surface area (Å²) in [5, 5.41) is 4.94. The van der Waals surface area contributed by atoms with E-state index in [-0.39, 0.29) is 0 Å². The van der Waals surface area contributed by atoms with Crippen LogP contribution in [0.4, 0.5) is 13.2 Å². The van der Waals surface area contributed by atoms with Crippen LogP contribution < -0.4 is 5.32 Å². The third kappa shape index (κ3) is 2.52. The Bertz CT molecular complexity index is 613. The molecule has 1 aliphatic rings. The Morgan fingerprint density at radius 2 is 1.75 bits per heavy atom. The number of fused-ring (bicyclic) bond motifs is 1. The second kappa shape index (κ2) is 5.09. The van der Waals surface area contributed by atoms with Gasteiger partial charge in [0.25, 0.3) is 0 Å². The molecule has 0 amide bonds. The van der Waals surface area contributed by atoms with E-state index in [0.29, 0.717) is 11.3 Å². The summed E-state index contributed by atoms with van der Waals surface area (Å²) in [6, 6.07) is 9.73. The molecule has 0 unspecified atom stereocenters. The van der Waals surface area contributed by atoms with Crippen LogP contribution in [0.25, 0.3) is 10.8 Å². The zero-order valence-corrected chi connectivity index (χ0v) is 11.0. The van der Waals surface area contributed by atoms with Crippen molar-refractivity contribution in [2.45, 2.75) is 24.9 Å². The van der Waals surface area contributed by atoms with Crippen molar-refractivity contribution in [2.75, 3.05) is 13.1 Å². The van der Waals surface area contributed by atoms with E-state index < -0.39 is 11.7 Å². The van der Waals surface area contributed by atoms with Gasteiger partial charge in [-0.3, -0.25) is 0 Å². The van der Waals surface area contributed by atoms with Crippen LogP contribution in [0.1, 0.15) is 29.9 Å². The molecule has 0 atom stereocenters. The molecule has 4 heteroatoms. The highest BCUT2D eigenvalue weighted by atomic mass is 19.4. The summed E-state index contributed by atoms with van der Waals surface area (Å²) in [7, 11) is 0. The lowest BCUT2D eigenvalue weighted by Crippen LogP contribution is -2.26. The van der Waals surface area contributed by atoms with Crippen LogP contribution in [0, 0.1) is 0 Å². The quantitative estimate of drug-likeness (QED) is 0.819. The Morgan fingerprint density at radius 3 is 2.45 bits per heavy atom. The Morgan fingerprint density at radius 1 is 1.00 bits per heavy atom. The van der Waals surface area contributed by atoms with Crippen LogP contribution in [-0.2, 0) is 6.18 Å². The van der Waals surface area contributed by atoms with Crippen LogP contribution in [0.5, 0.6) is 0 Å². The first-order valence-corrected chi connectivity index (χ1v) is 6.86. The minimum Gasteiger partial charge on any atom is -0.317 e. The molecule has 0 spiro atoms. The molecule has 0 aromatic heterocycles. The Labute approximate surface area is 115 Å². The van der Waals surface area contributed by atoms with Gasteiger partial charge in [0.1, 0.15) is 0 Å². The second-order valence-electron chi connectivity index (χ2n) is 5.31. The van der Waals surface area contributed by atoms with Crippen molar-refractivity contribution in [1.82, 2.24) is 5.32 Å². The molecule has 2 aromatic rings. The van der Waals surface area contributed by atoms with E-state index in [1.807, 2.05) is 12.1 Å². The highest BCUT2D eigenvalue weighted by molar-refractivity contribution is 5.87. The molecule has 0 aliphatic carbocycles. The van der Waals surface area contributed by atoms with Gasteiger partial charge in [-0.25, -0.2) is 0 Å². The number of hydrogen-bond acceptors (Lipinski definition) is 1. The Kier molecular flexibility index (Phi) is 3.42. The first-order valence-electron chi connectivity index (χ1n) is 6.86. The van der Waals surface area contributed by atoms with Crippen molar-refractivity contribution in [2.24, 2.45) is 0 Å². The van der Waals surface area contributed by atoms with E-state index in [9.17, 15) is 13.2 Å². The number of piperidine rings is 1. The summed E-state index contributed by atoms with van der Waals surface area (Å²) in [5.41, 5.74) is 0.602. The lowest BCUT2D eigenvalue weighted by molar-refractivity contribution is -0.137. The molecule has 1 N–H and O–H groups in total. The molecular formula is C16H16F3N. The van der Waals surface area contributed by atoms with Gasteiger partial charge in [0.05, 0.1) is 5.56 Å². The second-order valence-corrected chi connectivity index (χ2v) is 5.31. The van der Waals surface area contributed by atoms with E-state index in [2.05, 4.69) is 5.32 Å². The lowest BCUT2D eigenvalue weighted by Gasteiger charge is -2.24. The molecule has 1 heterocycles. The molecule has 106 valence electrons. The summed E-state index contributed by atoms with van der Waals surface area (Å²) < 4.78 is 38.3. The van der Waals surface area contributed by atoms with Gasteiger partial charge in [0.2, 0.25) is 0 Å². The molecule has 2 aromatic carbocycles. The predicted molar refractivity (Wildman–Crippen MR) is 73.8 cm³/mol. The van der Waals surface area contributed by atoms with Gasteiger partial charge >= 0.3 is 6.18 Å². The maximum absolute atomic E-state index is 12.8. The van der Waals surface area contributed by atoms with Crippen LogP contribution in [-0.4, -0.2) is 13.1 Å². The molecule has 1 saturated heterocycles. The first kappa shape index (κ1) is 13.4. The lowest BCUT2D eigenvalue weighted by atomic mass is 9.86. The van der Waals surface area contributed by atoms with Crippen LogP contribution in [0.15, 0.2) is 36.4 Å². The summed E-state index contributed by atoms with van der Waals surface area (Å²) >= 11 is 0. The minimum atomic E-state index is -4.28. The molecule has 1 nitrogen and oxygen atoms in total. The van der Waals surface area contributed by atoms with Gasteiger partial charge in [-0.15, -0.1) is 0 Å². The van der Waals surface area contributed by atoms with E-state index in [1.165, 1.54) is 17.7 Å². The fraction of sp³-hybridized carbons (Fsp3) is 0.375. The first-order chi connectivity index (χ1) is 9.55. The van der Waals surface area contributed by atoms with Gasteiger partial charge in [0.15, 0.2) is 0 Å². The Balaban J connectivity index is 2.06. The maximum atomic E-state index is 12.8. The third-order valence-electron chi connectivity index (χ3n) is 4.02. The van der Waals surface area contributed by atoms with Crippen molar-refractivity contribution in [3.8, 4) is 0 Å². The molecule has 20 heavy (non-hydrogen) atoms. The van der Waals surface area contributed by atoms with Gasteiger partial charge in [-0.1, -0.05) is 24.3 Å². The molecule has 1 fully saturated rings. The van der Waals surface area contributed by atoms with Crippen molar-refractivity contribution < 1.29 is 13.2 Å². The molecule has 0 bridgehead atoms. The van der Waals surface area contributed by atoms with Crippen LogP contribution >= 0.6 is 0 Å². The maximum Gasteiger partial charge on any atom is 0.416 e. The number of rotatable bonds is 1. The van der Waals surface area contributed by atoms with Crippen LogP contribution in [0.3, 0.4) is 0 Å². The fourth-order valence-corrected chi connectivity index (χ4v) is 2.97. The topological polar surface area (TPSA) is 12.0 Å². The zero-order chi connectivity index (χ0) is 14.2. The molecule has 0 saturated carbocycles. The highest BCUT2D eigenvalue weighted by Gasteiger charge is 2.30. The summed E-state index contributed by atoms with van der Waals surface area (Å²) in [4.78, 5) is 0. The predicted octanol–water partition coefficient (Wildman–Crippen LogP) is 4.33. The summed E-state index contributed by atoms with van der Waals surface area (Å²) in [6.07, 6.45) is -2.20. The van der Waals surface area contributed by atoms with Gasteiger partial charge < -0.3 is 5.32 Å². The van der Waals surface area contributed by atoms with Crippen LogP contribution in [0.2, 0.25) is 0 Å². The molecule has 3 rings (SSSR count). The van der Waals surface area contributed by atoms with E-state index in [1.54, 1.807) is 12.1 Å². The molecule has 1 aliphatic heterocycles. The third-order valence-corrected chi connectivity index (χ3v) is 4.02. The largest absolute Gasteiger partial charge is 0.416 e. The highest BCUT2D eigenvalue weighted by Crippen LogP contribution is 2.35. The number of hydrogen-bond donors (Lipinski definition) is 1. The minimum absolute atomic E-state index is 0.441. The average molecular weight is 279 g/mol. The molecular weight excluding hydrogens is 263 g/mol.